The Morgan fingerprint density at radius 3 is 2.64 bits per heavy atom. The smallest absolute Gasteiger partial charge is 0.275 e. The number of hydrogen-bond acceptors (Lipinski definition) is 4. The Labute approximate surface area is 128 Å². The molecule has 0 bridgehead atoms. The summed E-state index contributed by atoms with van der Waals surface area (Å²) in [5.74, 6) is -0.471. The molecule has 1 aromatic carbocycles. The van der Waals surface area contributed by atoms with Gasteiger partial charge in [-0.15, -0.1) is 0 Å². The SMILES string of the molecule is Cc1cnc(C(=O)Nc2cccc(C(=O)NC3CC3)c2)cn1. The fourth-order valence-electron chi connectivity index (χ4n) is 1.94. The van der Waals surface area contributed by atoms with Crippen LogP contribution < -0.4 is 10.6 Å². The number of anilines is 1. The van der Waals surface area contributed by atoms with Crippen molar-refractivity contribution in [3.8, 4) is 0 Å². The van der Waals surface area contributed by atoms with Crippen molar-refractivity contribution in [2.24, 2.45) is 0 Å². The molecule has 1 heterocycles. The summed E-state index contributed by atoms with van der Waals surface area (Å²) in [6, 6.07) is 7.13. The van der Waals surface area contributed by atoms with Gasteiger partial charge in [-0.05, 0) is 38.0 Å². The fourth-order valence-corrected chi connectivity index (χ4v) is 1.94. The van der Waals surface area contributed by atoms with E-state index in [4.69, 9.17) is 0 Å². The van der Waals surface area contributed by atoms with Gasteiger partial charge in [0.05, 0.1) is 11.9 Å². The van der Waals surface area contributed by atoms with Crippen LogP contribution in [0.25, 0.3) is 0 Å². The summed E-state index contributed by atoms with van der Waals surface area (Å²) >= 11 is 0. The summed E-state index contributed by atoms with van der Waals surface area (Å²) in [7, 11) is 0. The lowest BCUT2D eigenvalue weighted by Crippen LogP contribution is -2.25. The molecular weight excluding hydrogens is 280 g/mol. The minimum Gasteiger partial charge on any atom is -0.349 e. The molecule has 2 N–H and O–H groups in total. The molecule has 0 atom stereocenters. The number of benzene rings is 1. The maximum absolute atomic E-state index is 12.1. The molecule has 1 saturated carbocycles. The van der Waals surface area contributed by atoms with Crippen LogP contribution in [0, 0.1) is 6.92 Å². The number of rotatable bonds is 4. The summed E-state index contributed by atoms with van der Waals surface area (Å²) in [6.45, 7) is 1.80. The van der Waals surface area contributed by atoms with E-state index in [-0.39, 0.29) is 17.5 Å². The molecule has 6 heteroatoms. The first-order chi connectivity index (χ1) is 10.6. The molecule has 1 aromatic heterocycles. The van der Waals surface area contributed by atoms with Crippen LogP contribution in [0.5, 0.6) is 0 Å². The minimum atomic E-state index is -0.354. The monoisotopic (exact) mass is 296 g/mol. The summed E-state index contributed by atoms with van der Waals surface area (Å²) in [5.41, 5.74) is 2.06. The van der Waals surface area contributed by atoms with Crippen LogP contribution in [0.15, 0.2) is 36.7 Å². The maximum Gasteiger partial charge on any atom is 0.275 e. The number of aromatic nitrogens is 2. The van der Waals surface area contributed by atoms with Gasteiger partial charge in [0.2, 0.25) is 0 Å². The quantitative estimate of drug-likeness (QED) is 0.903. The zero-order chi connectivity index (χ0) is 15.5. The summed E-state index contributed by atoms with van der Waals surface area (Å²) in [6.07, 6.45) is 5.03. The molecule has 112 valence electrons. The standard InChI is InChI=1S/C16H16N4O2/c1-10-8-18-14(9-17-10)16(22)20-13-4-2-3-11(7-13)15(21)19-12-5-6-12/h2-4,7-9,12H,5-6H2,1H3,(H,19,21)(H,20,22). The normalized spacial score (nSPS) is 13.5. The fraction of sp³-hybridized carbons (Fsp3) is 0.250. The van der Waals surface area contributed by atoms with Crippen molar-refractivity contribution in [1.82, 2.24) is 15.3 Å². The average Bonchev–Trinajstić information content (AvgIpc) is 3.32. The number of nitrogens with one attached hydrogen (secondary N) is 2. The van der Waals surface area contributed by atoms with E-state index in [0.29, 0.717) is 17.3 Å². The van der Waals surface area contributed by atoms with E-state index in [1.54, 1.807) is 31.2 Å². The van der Waals surface area contributed by atoms with Crippen molar-refractivity contribution in [2.75, 3.05) is 5.32 Å². The van der Waals surface area contributed by atoms with Crippen molar-refractivity contribution < 1.29 is 9.59 Å². The third-order valence-electron chi connectivity index (χ3n) is 3.31. The lowest BCUT2D eigenvalue weighted by atomic mass is 10.2. The lowest BCUT2D eigenvalue weighted by Gasteiger charge is -2.07. The highest BCUT2D eigenvalue weighted by Gasteiger charge is 2.23. The van der Waals surface area contributed by atoms with E-state index in [2.05, 4.69) is 20.6 Å². The van der Waals surface area contributed by atoms with Crippen molar-refractivity contribution in [1.29, 1.82) is 0 Å². The molecule has 1 aliphatic rings. The molecule has 0 spiro atoms. The molecule has 1 fully saturated rings. The molecule has 2 amide bonds. The van der Waals surface area contributed by atoms with Crippen molar-refractivity contribution in [2.45, 2.75) is 25.8 Å². The molecule has 0 radical (unpaired) electrons. The average molecular weight is 296 g/mol. The van der Waals surface area contributed by atoms with Gasteiger partial charge >= 0.3 is 0 Å². The molecule has 6 nitrogen and oxygen atoms in total. The van der Waals surface area contributed by atoms with Crippen LogP contribution in [-0.4, -0.2) is 27.8 Å². The number of amides is 2. The molecule has 2 aromatic rings. The van der Waals surface area contributed by atoms with Gasteiger partial charge in [0, 0.05) is 23.5 Å². The number of nitrogens with zero attached hydrogens (tertiary/aromatic N) is 2. The molecule has 3 rings (SSSR count). The van der Waals surface area contributed by atoms with E-state index < -0.39 is 0 Å². The third kappa shape index (κ3) is 3.46. The van der Waals surface area contributed by atoms with E-state index in [1.807, 2.05) is 0 Å². The van der Waals surface area contributed by atoms with Gasteiger partial charge in [0.15, 0.2) is 0 Å². The summed E-state index contributed by atoms with van der Waals surface area (Å²) in [5, 5.41) is 5.64. The van der Waals surface area contributed by atoms with E-state index in [1.165, 1.54) is 12.4 Å². The van der Waals surface area contributed by atoms with Crippen LogP contribution in [0.1, 0.15) is 39.4 Å². The first kappa shape index (κ1) is 14.2. The van der Waals surface area contributed by atoms with Gasteiger partial charge in [0.25, 0.3) is 11.8 Å². The van der Waals surface area contributed by atoms with Gasteiger partial charge in [-0.3, -0.25) is 14.6 Å². The topological polar surface area (TPSA) is 84.0 Å². The zero-order valence-corrected chi connectivity index (χ0v) is 12.2. The Morgan fingerprint density at radius 1 is 1.14 bits per heavy atom. The summed E-state index contributed by atoms with van der Waals surface area (Å²) in [4.78, 5) is 32.1. The predicted octanol–water partition coefficient (Wildman–Crippen LogP) is 1.93. The predicted molar refractivity (Wildman–Crippen MR) is 81.7 cm³/mol. The zero-order valence-electron chi connectivity index (χ0n) is 12.2. The second-order valence-electron chi connectivity index (χ2n) is 5.33. The number of aryl methyl sites for hydroxylation is 1. The Bertz CT molecular complexity index is 708. The Hall–Kier alpha value is -2.76. The van der Waals surface area contributed by atoms with E-state index >= 15 is 0 Å². The maximum atomic E-state index is 12.1. The van der Waals surface area contributed by atoms with Crippen LogP contribution in [0.3, 0.4) is 0 Å². The molecule has 0 unspecified atom stereocenters. The number of carbonyl (C=O) groups is 2. The van der Waals surface area contributed by atoms with Crippen LogP contribution in [-0.2, 0) is 0 Å². The Kier molecular flexibility index (Phi) is 3.82. The van der Waals surface area contributed by atoms with E-state index in [0.717, 1.165) is 18.5 Å². The second-order valence-corrected chi connectivity index (χ2v) is 5.33. The third-order valence-corrected chi connectivity index (χ3v) is 3.31. The van der Waals surface area contributed by atoms with Gasteiger partial charge < -0.3 is 10.6 Å². The Morgan fingerprint density at radius 2 is 1.95 bits per heavy atom. The largest absolute Gasteiger partial charge is 0.349 e. The van der Waals surface area contributed by atoms with Gasteiger partial charge in [-0.25, -0.2) is 4.98 Å². The highest BCUT2D eigenvalue weighted by molar-refractivity contribution is 6.03. The molecular formula is C16H16N4O2. The van der Waals surface area contributed by atoms with Crippen LogP contribution in [0.4, 0.5) is 5.69 Å². The van der Waals surface area contributed by atoms with Crippen molar-refractivity contribution in [3.63, 3.8) is 0 Å². The minimum absolute atomic E-state index is 0.117. The lowest BCUT2D eigenvalue weighted by molar-refractivity contribution is 0.0949. The highest BCUT2D eigenvalue weighted by Crippen LogP contribution is 2.20. The molecule has 1 aliphatic carbocycles. The van der Waals surface area contributed by atoms with Gasteiger partial charge in [-0.1, -0.05) is 6.07 Å². The summed E-state index contributed by atoms with van der Waals surface area (Å²) < 4.78 is 0. The molecule has 22 heavy (non-hydrogen) atoms. The van der Waals surface area contributed by atoms with Crippen LogP contribution >= 0.6 is 0 Å². The van der Waals surface area contributed by atoms with E-state index in [9.17, 15) is 9.59 Å². The second kappa shape index (κ2) is 5.93. The van der Waals surface area contributed by atoms with Gasteiger partial charge in [0.1, 0.15) is 5.69 Å². The van der Waals surface area contributed by atoms with Crippen LogP contribution in [0.2, 0.25) is 0 Å². The highest BCUT2D eigenvalue weighted by atomic mass is 16.2. The Balaban J connectivity index is 1.70. The first-order valence-corrected chi connectivity index (χ1v) is 7.13. The van der Waals surface area contributed by atoms with Crippen molar-refractivity contribution >= 4 is 17.5 Å². The molecule has 0 saturated heterocycles. The van der Waals surface area contributed by atoms with Gasteiger partial charge in [-0.2, -0.15) is 0 Å². The van der Waals surface area contributed by atoms with Crippen molar-refractivity contribution in [3.05, 3.63) is 53.6 Å². The molecule has 0 aliphatic heterocycles. The number of carbonyl (C=O) groups excluding carboxylic acids is 2. The number of hydrogen-bond donors (Lipinski definition) is 2. The first-order valence-electron chi connectivity index (χ1n) is 7.13.